The Labute approximate surface area is 154 Å². The number of carbonyl (C=O) groups is 1. The number of rotatable bonds is 4. The molecule has 1 N–H and O–H groups in total. The van der Waals surface area contributed by atoms with Crippen molar-refractivity contribution in [2.75, 3.05) is 20.1 Å². The van der Waals surface area contributed by atoms with Crippen LogP contribution in [-0.4, -0.2) is 46.5 Å². The molecule has 3 rings (SSSR count). The van der Waals surface area contributed by atoms with Gasteiger partial charge in [-0.25, -0.2) is 4.98 Å². The molecule has 0 saturated carbocycles. The van der Waals surface area contributed by atoms with Gasteiger partial charge in [0, 0.05) is 23.6 Å². The number of benzene rings is 1. The van der Waals surface area contributed by atoms with Crippen LogP contribution >= 0.6 is 28.3 Å². The molecule has 0 radical (unpaired) electrons. The molecule has 8 heteroatoms. The van der Waals surface area contributed by atoms with Crippen LogP contribution in [0.25, 0.3) is 10.9 Å². The molecule has 1 atom stereocenters. The van der Waals surface area contributed by atoms with Gasteiger partial charge in [-0.3, -0.25) is 14.2 Å². The van der Waals surface area contributed by atoms with Crippen molar-refractivity contribution in [3.8, 4) is 0 Å². The largest absolute Gasteiger partial charge is 0.337 e. The molecule has 6 nitrogen and oxygen atoms in total. The van der Waals surface area contributed by atoms with Crippen LogP contribution < -0.4 is 10.9 Å². The highest BCUT2D eigenvalue weighted by molar-refractivity contribution is 9.10. The van der Waals surface area contributed by atoms with Crippen molar-refractivity contribution in [1.82, 2.24) is 19.8 Å². The lowest BCUT2D eigenvalue weighted by atomic mass is 10.2. The second kappa shape index (κ2) is 8.09. The van der Waals surface area contributed by atoms with Gasteiger partial charge >= 0.3 is 0 Å². The summed E-state index contributed by atoms with van der Waals surface area (Å²) in [7, 11) is 1.89. The number of amides is 1. The van der Waals surface area contributed by atoms with E-state index in [-0.39, 0.29) is 36.5 Å². The molecule has 1 aliphatic rings. The van der Waals surface area contributed by atoms with Crippen LogP contribution in [0, 0.1) is 0 Å². The van der Waals surface area contributed by atoms with Crippen molar-refractivity contribution in [2.24, 2.45) is 0 Å². The summed E-state index contributed by atoms with van der Waals surface area (Å²) in [5.41, 5.74) is 0.449. The number of aromatic nitrogens is 2. The van der Waals surface area contributed by atoms with E-state index in [1.165, 1.54) is 10.9 Å². The summed E-state index contributed by atoms with van der Waals surface area (Å²) in [6.45, 7) is 1.57. The minimum Gasteiger partial charge on any atom is -0.337 e. The lowest BCUT2D eigenvalue weighted by Gasteiger charge is -2.24. The standard InChI is InChI=1S/C16H19BrN4O2.ClH/c1-18-8-12-3-2-6-21(12)15(22)9-20-10-19-14-5-4-11(17)7-13(14)16(20)23;/h4-5,7,10,12,18H,2-3,6,8-9H2,1H3;1H. The molecule has 0 aliphatic carbocycles. The minimum atomic E-state index is -0.186. The second-order valence-corrected chi connectivity index (χ2v) is 6.70. The molecule has 24 heavy (non-hydrogen) atoms. The highest BCUT2D eigenvalue weighted by atomic mass is 79.9. The van der Waals surface area contributed by atoms with E-state index in [0.717, 1.165) is 30.4 Å². The lowest BCUT2D eigenvalue weighted by Crippen LogP contribution is -2.43. The van der Waals surface area contributed by atoms with Gasteiger partial charge in [0.25, 0.3) is 5.56 Å². The summed E-state index contributed by atoms with van der Waals surface area (Å²) in [5.74, 6) is -0.0269. The third kappa shape index (κ3) is 3.79. The van der Waals surface area contributed by atoms with Crippen LogP contribution in [0.1, 0.15) is 12.8 Å². The van der Waals surface area contributed by atoms with Gasteiger partial charge in [0.15, 0.2) is 0 Å². The summed E-state index contributed by atoms with van der Waals surface area (Å²) >= 11 is 3.36. The van der Waals surface area contributed by atoms with Crippen LogP contribution in [0.4, 0.5) is 0 Å². The Morgan fingerprint density at radius 1 is 1.46 bits per heavy atom. The number of halogens is 2. The quantitative estimate of drug-likeness (QED) is 0.827. The average molecular weight is 416 g/mol. The predicted octanol–water partition coefficient (Wildman–Crippen LogP) is 1.79. The molecule has 2 aromatic rings. The Kier molecular flexibility index (Phi) is 6.37. The highest BCUT2D eigenvalue weighted by Crippen LogP contribution is 2.18. The second-order valence-electron chi connectivity index (χ2n) is 5.78. The zero-order chi connectivity index (χ0) is 16.4. The molecule has 0 spiro atoms. The van der Waals surface area contributed by atoms with E-state index in [1.54, 1.807) is 12.1 Å². The topological polar surface area (TPSA) is 67.2 Å². The first-order valence-corrected chi connectivity index (χ1v) is 8.48. The van der Waals surface area contributed by atoms with Gasteiger partial charge < -0.3 is 10.2 Å². The van der Waals surface area contributed by atoms with Gasteiger partial charge in [0.1, 0.15) is 6.54 Å². The highest BCUT2D eigenvalue weighted by Gasteiger charge is 2.28. The smallest absolute Gasteiger partial charge is 0.261 e. The first-order chi connectivity index (χ1) is 11.1. The Bertz CT molecular complexity index is 795. The Morgan fingerprint density at radius 2 is 2.25 bits per heavy atom. The van der Waals surface area contributed by atoms with Gasteiger partial charge in [-0.2, -0.15) is 0 Å². The monoisotopic (exact) mass is 414 g/mol. The maximum Gasteiger partial charge on any atom is 0.261 e. The third-order valence-electron chi connectivity index (χ3n) is 4.23. The number of likely N-dealkylation sites (N-methyl/N-ethyl adjacent to an activating group) is 1. The Hall–Kier alpha value is -1.44. The maximum absolute atomic E-state index is 12.6. The van der Waals surface area contributed by atoms with E-state index in [2.05, 4.69) is 26.2 Å². The van der Waals surface area contributed by atoms with Gasteiger partial charge in [0.05, 0.1) is 17.2 Å². The van der Waals surface area contributed by atoms with Crippen LogP contribution in [-0.2, 0) is 11.3 Å². The fourth-order valence-electron chi connectivity index (χ4n) is 3.09. The normalized spacial score (nSPS) is 17.1. The molecular weight excluding hydrogens is 396 g/mol. The summed E-state index contributed by atoms with van der Waals surface area (Å²) in [6, 6.07) is 5.59. The first kappa shape index (κ1) is 18.9. The van der Waals surface area contributed by atoms with Crippen molar-refractivity contribution in [3.05, 3.63) is 39.4 Å². The third-order valence-corrected chi connectivity index (χ3v) is 4.72. The molecule has 1 fully saturated rings. The minimum absolute atomic E-state index is 0. The molecule has 1 unspecified atom stereocenters. The van der Waals surface area contributed by atoms with Gasteiger partial charge in [-0.15, -0.1) is 12.4 Å². The molecule has 130 valence electrons. The van der Waals surface area contributed by atoms with Crippen molar-refractivity contribution in [1.29, 1.82) is 0 Å². The van der Waals surface area contributed by atoms with Gasteiger partial charge in [-0.05, 0) is 38.1 Å². The SMILES string of the molecule is CNCC1CCCN1C(=O)Cn1cnc2ccc(Br)cc2c1=O.Cl. The number of hydrogen-bond acceptors (Lipinski definition) is 4. The van der Waals surface area contributed by atoms with Crippen molar-refractivity contribution < 1.29 is 4.79 Å². The summed E-state index contributed by atoms with van der Waals surface area (Å²) in [5, 5.41) is 3.64. The summed E-state index contributed by atoms with van der Waals surface area (Å²) in [6.07, 6.45) is 3.47. The van der Waals surface area contributed by atoms with Crippen LogP contribution in [0.2, 0.25) is 0 Å². The van der Waals surface area contributed by atoms with Crippen molar-refractivity contribution in [3.63, 3.8) is 0 Å². The summed E-state index contributed by atoms with van der Waals surface area (Å²) < 4.78 is 2.22. The van der Waals surface area contributed by atoms with E-state index < -0.39 is 0 Å². The van der Waals surface area contributed by atoms with E-state index in [0.29, 0.717) is 10.9 Å². The van der Waals surface area contributed by atoms with Crippen LogP contribution in [0.15, 0.2) is 33.8 Å². The number of carbonyl (C=O) groups excluding carboxylic acids is 1. The maximum atomic E-state index is 12.6. The van der Waals surface area contributed by atoms with Gasteiger partial charge in [0.2, 0.25) is 5.91 Å². The lowest BCUT2D eigenvalue weighted by molar-refractivity contribution is -0.132. The van der Waals surface area contributed by atoms with E-state index in [9.17, 15) is 9.59 Å². The zero-order valence-corrected chi connectivity index (χ0v) is 15.8. The molecule has 2 heterocycles. The number of hydrogen-bond donors (Lipinski definition) is 1. The average Bonchev–Trinajstić information content (AvgIpc) is 2.99. The Balaban J connectivity index is 0.00000208. The molecule has 1 amide bonds. The van der Waals surface area contributed by atoms with Crippen LogP contribution in [0.5, 0.6) is 0 Å². The molecule has 1 aliphatic heterocycles. The molecule has 1 saturated heterocycles. The van der Waals surface area contributed by atoms with E-state index in [1.807, 2.05) is 18.0 Å². The fourth-order valence-corrected chi connectivity index (χ4v) is 3.45. The molecule has 1 aromatic heterocycles. The number of nitrogens with zero attached hydrogens (tertiary/aromatic N) is 3. The number of fused-ring (bicyclic) bond motifs is 1. The van der Waals surface area contributed by atoms with Crippen LogP contribution in [0.3, 0.4) is 0 Å². The van der Waals surface area contributed by atoms with Gasteiger partial charge in [-0.1, -0.05) is 15.9 Å². The summed E-state index contributed by atoms with van der Waals surface area (Å²) in [4.78, 5) is 31.3. The Morgan fingerprint density at radius 3 is 3.00 bits per heavy atom. The zero-order valence-electron chi connectivity index (χ0n) is 13.4. The first-order valence-electron chi connectivity index (χ1n) is 7.69. The van der Waals surface area contributed by atoms with Crippen molar-refractivity contribution in [2.45, 2.75) is 25.4 Å². The molecular formula is C16H20BrClN4O2. The van der Waals surface area contributed by atoms with E-state index >= 15 is 0 Å². The van der Waals surface area contributed by atoms with Crippen molar-refractivity contribution >= 4 is 45.1 Å². The van der Waals surface area contributed by atoms with E-state index in [4.69, 9.17) is 0 Å². The number of nitrogens with one attached hydrogen (secondary N) is 1. The number of likely N-dealkylation sites (tertiary alicyclic amines) is 1. The molecule has 0 bridgehead atoms. The molecule has 1 aromatic carbocycles. The predicted molar refractivity (Wildman–Crippen MR) is 99.6 cm³/mol. The fraction of sp³-hybridized carbons (Fsp3) is 0.438.